The molecule has 1 N–H and O–H groups in total. The fourth-order valence-corrected chi connectivity index (χ4v) is 4.35. The number of carbonyl (C=O) groups is 1. The fraction of sp³-hybridized carbons (Fsp3) is 0.345. The first kappa shape index (κ1) is 26.2. The van der Waals surface area contributed by atoms with Crippen molar-refractivity contribution in [2.24, 2.45) is 14.1 Å². The first-order chi connectivity index (χ1) is 17.6. The Morgan fingerprint density at radius 3 is 2.11 bits per heavy atom. The number of rotatable bonds is 9. The summed E-state index contributed by atoms with van der Waals surface area (Å²) in [5, 5.41) is 11.9. The van der Waals surface area contributed by atoms with Crippen LogP contribution in [0.2, 0.25) is 0 Å². The van der Waals surface area contributed by atoms with Crippen LogP contribution < -0.4 is 10.1 Å². The van der Waals surface area contributed by atoms with Crippen LogP contribution in [-0.2, 0) is 14.1 Å². The van der Waals surface area contributed by atoms with E-state index in [2.05, 4.69) is 39.5 Å². The second kappa shape index (κ2) is 11.0. The summed E-state index contributed by atoms with van der Waals surface area (Å²) in [6.45, 7) is 7.43. The molecule has 4 rings (SSSR count). The summed E-state index contributed by atoms with van der Waals surface area (Å²) in [5.41, 5.74) is 7.89. The maximum absolute atomic E-state index is 13.4. The monoisotopic (exact) mass is 500 g/mol. The highest BCUT2D eigenvalue weighted by Crippen LogP contribution is 2.35. The molecule has 0 unspecified atom stereocenters. The predicted molar refractivity (Wildman–Crippen MR) is 147 cm³/mol. The van der Waals surface area contributed by atoms with Gasteiger partial charge in [0, 0.05) is 49.7 Å². The van der Waals surface area contributed by atoms with Crippen molar-refractivity contribution < 1.29 is 9.53 Å². The largest absolute Gasteiger partial charge is 0.492 e. The Labute approximate surface area is 218 Å². The molecule has 194 valence electrons. The zero-order chi connectivity index (χ0) is 26.7. The molecular formula is C29H36N6O2. The van der Waals surface area contributed by atoms with Gasteiger partial charge in [-0.25, -0.2) is 0 Å². The van der Waals surface area contributed by atoms with Crippen LogP contribution in [0.25, 0.3) is 22.3 Å². The molecule has 8 nitrogen and oxygen atoms in total. The number of aryl methyl sites for hydroxylation is 3. The van der Waals surface area contributed by atoms with Crippen molar-refractivity contribution in [2.75, 3.05) is 27.2 Å². The number of amides is 1. The first-order valence-corrected chi connectivity index (χ1v) is 12.4. The van der Waals surface area contributed by atoms with Gasteiger partial charge in [-0.1, -0.05) is 6.07 Å². The lowest BCUT2D eigenvalue weighted by Crippen LogP contribution is -2.27. The highest BCUT2D eigenvalue weighted by molar-refractivity contribution is 5.96. The van der Waals surface area contributed by atoms with E-state index in [4.69, 9.17) is 4.74 Å². The van der Waals surface area contributed by atoms with Gasteiger partial charge < -0.3 is 15.0 Å². The topological polar surface area (TPSA) is 77.2 Å². The fourth-order valence-electron chi connectivity index (χ4n) is 4.35. The van der Waals surface area contributed by atoms with Crippen molar-refractivity contribution in [3.8, 4) is 28.0 Å². The molecule has 37 heavy (non-hydrogen) atoms. The van der Waals surface area contributed by atoms with E-state index in [0.717, 1.165) is 45.5 Å². The third-order valence-electron chi connectivity index (χ3n) is 6.57. The Balaban J connectivity index is 1.64. The Morgan fingerprint density at radius 2 is 1.59 bits per heavy atom. The third-order valence-corrected chi connectivity index (χ3v) is 6.57. The quantitative estimate of drug-likeness (QED) is 0.365. The summed E-state index contributed by atoms with van der Waals surface area (Å²) in [6, 6.07) is 9.72. The number of nitrogens with zero attached hydrogens (tertiary/aromatic N) is 5. The SMILES string of the molecule is Cc1ccc(OCCN(C)C)cc1C(=O)N[C@H](C)c1cc(-c2cnn(C)c2)c(C)c(-c2cnn(C)c2)c1. The average molecular weight is 501 g/mol. The molecule has 0 fully saturated rings. The van der Waals surface area contributed by atoms with E-state index in [9.17, 15) is 4.79 Å². The highest BCUT2D eigenvalue weighted by Gasteiger charge is 2.19. The number of ether oxygens (including phenoxy) is 1. The summed E-state index contributed by atoms with van der Waals surface area (Å²) in [5.74, 6) is 0.563. The summed E-state index contributed by atoms with van der Waals surface area (Å²) in [7, 11) is 7.83. The van der Waals surface area contributed by atoms with Crippen molar-refractivity contribution >= 4 is 5.91 Å². The Morgan fingerprint density at radius 1 is 1.00 bits per heavy atom. The Hall–Kier alpha value is -3.91. The lowest BCUT2D eigenvalue weighted by Gasteiger charge is -2.20. The number of hydrogen-bond acceptors (Lipinski definition) is 5. The third kappa shape index (κ3) is 6.09. The van der Waals surface area contributed by atoms with Crippen molar-refractivity contribution in [1.82, 2.24) is 29.8 Å². The summed E-state index contributed by atoms with van der Waals surface area (Å²) in [4.78, 5) is 15.4. The molecule has 2 aromatic carbocycles. The van der Waals surface area contributed by atoms with Crippen LogP contribution >= 0.6 is 0 Å². The molecule has 0 aliphatic heterocycles. The molecule has 0 bridgehead atoms. The van der Waals surface area contributed by atoms with Gasteiger partial charge in [-0.3, -0.25) is 14.2 Å². The zero-order valence-electron chi connectivity index (χ0n) is 22.7. The average Bonchev–Trinajstić information content (AvgIpc) is 3.48. The van der Waals surface area contributed by atoms with Crippen LogP contribution in [0.5, 0.6) is 5.75 Å². The van der Waals surface area contributed by atoms with E-state index in [1.54, 1.807) is 9.36 Å². The number of nitrogens with one attached hydrogen (secondary N) is 1. The van der Waals surface area contributed by atoms with Gasteiger partial charge in [-0.15, -0.1) is 0 Å². The normalized spacial score (nSPS) is 12.1. The molecule has 1 amide bonds. The second-order valence-corrected chi connectivity index (χ2v) is 9.87. The van der Waals surface area contributed by atoms with Crippen LogP contribution in [-0.4, -0.2) is 57.6 Å². The van der Waals surface area contributed by atoms with E-state index < -0.39 is 0 Å². The van der Waals surface area contributed by atoms with Gasteiger partial charge in [0.1, 0.15) is 12.4 Å². The first-order valence-electron chi connectivity index (χ1n) is 12.4. The maximum Gasteiger partial charge on any atom is 0.252 e. The van der Waals surface area contributed by atoms with Gasteiger partial charge in [0.15, 0.2) is 0 Å². The number of hydrogen-bond donors (Lipinski definition) is 1. The minimum Gasteiger partial charge on any atom is -0.492 e. The van der Waals surface area contributed by atoms with E-state index in [0.29, 0.717) is 17.9 Å². The van der Waals surface area contributed by atoms with E-state index >= 15 is 0 Å². The van der Waals surface area contributed by atoms with E-state index in [-0.39, 0.29) is 11.9 Å². The molecule has 0 saturated carbocycles. The van der Waals surface area contributed by atoms with Gasteiger partial charge in [0.2, 0.25) is 0 Å². The standard InChI is InChI=1S/C29H36N6O2/c1-19-8-9-25(37-11-10-33(4)5)14-26(19)29(36)32-21(3)22-12-27(23-15-30-34(6)17-23)20(2)28(13-22)24-16-31-35(7)18-24/h8-9,12-18,21H,10-11H2,1-7H3,(H,32,36)/t21-/m1/s1. The molecule has 4 aromatic rings. The second-order valence-electron chi connectivity index (χ2n) is 9.87. The van der Waals surface area contributed by atoms with E-state index in [1.807, 2.05) is 85.0 Å². The van der Waals surface area contributed by atoms with Crippen molar-refractivity contribution in [2.45, 2.75) is 26.8 Å². The summed E-state index contributed by atoms with van der Waals surface area (Å²) >= 11 is 0. The lowest BCUT2D eigenvalue weighted by atomic mass is 9.90. The van der Waals surface area contributed by atoms with E-state index in [1.165, 1.54) is 0 Å². The summed E-state index contributed by atoms with van der Waals surface area (Å²) in [6.07, 6.45) is 7.75. The molecule has 0 aliphatic carbocycles. The number of likely N-dealkylation sites (N-methyl/N-ethyl adjacent to an activating group) is 1. The van der Waals surface area contributed by atoms with Gasteiger partial charge in [-0.05, 0) is 86.9 Å². The molecule has 0 spiro atoms. The van der Waals surface area contributed by atoms with Gasteiger partial charge in [0.25, 0.3) is 5.91 Å². The predicted octanol–water partition coefficient (Wildman–Crippen LogP) is 4.54. The van der Waals surface area contributed by atoms with Crippen LogP contribution in [0.1, 0.15) is 40.0 Å². The Bertz CT molecular complexity index is 1340. The smallest absolute Gasteiger partial charge is 0.252 e. The molecule has 0 aliphatic rings. The van der Waals surface area contributed by atoms with Crippen LogP contribution in [0.4, 0.5) is 0 Å². The maximum atomic E-state index is 13.4. The van der Waals surface area contributed by atoms with Gasteiger partial charge >= 0.3 is 0 Å². The zero-order valence-corrected chi connectivity index (χ0v) is 22.7. The molecular weight excluding hydrogens is 464 g/mol. The minimum atomic E-state index is -0.225. The van der Waals surface area contributed by atoms with Crippen molar-refractivity contribution in [3.63, 3.8) is 0 Å². The molecule has 2 aromatic heterocycles. The number of aromatic nitrogens is 4. The van der Waals surface area contributed by atoms with Crippen LogP contribution in [0.15, 0.2) is 55.1 Å². The number of carbonyl (C=O) groups excluding carboxylic acids is 1. The molecule has 1 atom stereocenters. The molecule has 0 saturated heterocycles. The lowest BCUT2D eigenvalue weighted by molar-refractivity contribution is 0.0938. The summed E-state index contributed by atoms with van der Waals surface area (Å²) < 4.78 is 9.46. The Kier molecular flexibility index (Phi) is 7.78. The van der Waals surface area contributed by atoms with Gasteiger partial charge in [-0.2, -0.15) is 10.2 Å². The van der Waals surface area contributed by atoms with Crippen molar-refractivity contribution in [1.29, 1.82) is 0 Å². The molecule has 2 heterocycles. The minimum absolute atomic E-state index is 0.130. The van der Waals surface area contributed by atoms with Gasteiger partial charge in [0.05, 0.1) is 18.4 Å². The van der Waals surface area contributed by atoms with Crippen LogP contribution in [0.3, 0.4) is 0 Å². The highest BCUT2D eigenvalue weighted by atomic mass is 16.5. The molecule has 8 heteroatoms. The molecule has 0 radical (unpaired) electrons. The van der Waals surface area contributed by atoms with Crippen molar-refractivity contribution in [3.05, 3.63) is 77.4 Å². The van der Waals surface area contributed by atoms with Crippen LogP contribution in [0, 0.1) is 13.8 Å². The number of benzene rings is 2.